The number of anilines is 1. The molecule has 0 amide bonds. The molecule has 184 valence electrons. The Kier molecular flexibility index (Phi) is 6.24. The molecule has 10 nitrogen and oxygen atoms in total. The van der Waals surface area contributed by atoms with Crippen molar-refractivity contribution in [1.29, 1.82) is 0 Å². The predicted octanol–water partition coefficient (Wildman–Crippen LogP) is 3.38. The van der Waals surface area contributed by atoms with Crippen molar-refractivity contribution in [3.05, 3.63) is 59.5 Å². The fraction of sp³-hybridized carbons (Fsp3) is 0.409. The van der Waals surface area contributed by atoms with Crippen LogP contribution < -0.4 is 4.90 Å². The number of halogens is 3. The fourth-order valence-electron chi connectivity index (χ4n) is 3.84. The number of pyridine rings is 1. The largest absolute Gasteiger partial charge is 0.573 e. The molecular weight excluding hydrogens is 467 g/mol. The van der Waals surface area contributed by atoms with E-state index in [4.69, 9.17) is 9.26 Å². The first-order valence-electron chi connectivity index (χ1n) is 11.0. The summed E-state index contributed by atoms with van der Waals surface area (Å²) in [6.07, 6.45) is 1.41. The maximum atomic E-state index is 12.4. The van der Waals surface area contributed by atoms with Gasteiger partial charge in [0.25, 0.3) is 5.89 Å². The van der Waals surface area contributed by atoms with E-state index in [1.165, 1.54) is 12.2 Å². The summed E-state index contributed by atoms with van der Waals surface area (Å²) in [7, 11) is 0. The van der Waals surface area contributed by atoms with Crippen LogP contribution in [0.25, 0.3) is 11.7 Å². The van der Waals surface area contributed by atoms with E-state index in [9.17, 15) is 13.2 Å². The first-order valence-corrected chi connectivity index (χ1v) is 11.0. The van der Waals surface area contributed by atoms with Crippen molar-refractivity contribution < 1.29 is 27.2 Å². The third kappa shape index (κ3) is 5.50. The normalized spacial score (nSPS) is 18.6. The monoisotopic (exact) mass is 489 g/mol. The van der Waals surface area contributed by atoms with Gasteiger partial charge in [0.2, 0.25) is 5.82 Å². The summed E-state index contributed by atoms with van der Waals surface area (Å²) < 4.78 is 53.5. The lowest BCUT2D eigenvalue weighted by Gasteiger charge is -2.28. The van der Waals surface area contributed by atoms with Crippen molar-refractivity contribution in [3.63, 3.8) is 0 Å². The van der Waals surface area contributed by atoms with E-state index in [2.05, 4.69) is 34.8 Å². The molecule has 2 aliphatic rings. The molecule has 0 saturated carbocycles. The lowest BCUT2D eigenvalue weighted by atomic mass is 9.99. The number of rotatable bonds is 6. The molecule has 0 aromatic carbocycles. The second-order valence-electron chi connectivity index (χ2n) is 8.08. The second-order valence-corrected chi connectivity index (χ2v) is 8.08. The number of aryl methyl sites for hydroxylation is 1. The number of nitrogens with zero attached hydrogens (tertiary/aromatic N) is 7. The van der Waals surface area contributed by atoms with Gasteiger partial charge in [0, 0.05) is 25.2 Å². The number of hydrogen-bond donors (Lipinski definition) is 0. The van der Waals surface area contributed by atoms with E-state index in [0.29, 0.717) is 31.4 Å². The van der Waals surface area contributed by atoms with Crippen molar-refractivity contribution in [2.24, 2.45) is 0 Å². The molecule has 1 aliphatic carbocycles. The van der Waals surface area contributed by atoms with Crippen LogP contribution in [0.3, 0.4) is 0 Å². The van der Waals surface area contributed by atoms with Crippen LogP contribution in [0.15, 0.2) is 46.8 Å². The van der Waals surface area contributed by atoms with Crippen molar-refractivity contribution >= 4 is 5.82 Å². The van der Waals surface area contributed by atoms with E-state index in [-0.39, 0.29) is 29.8 Å². The Morgan fingerprint density at radius 3 is 2.77 bits per heavy atom. The highest BCUT2D eigenvalue weighted by molar-refractivity contribution is 5.42. The first-order chi connectivity index (χ1) is 16.8. The van der Waals surface area contributed by atoms with E-state index in [1.807, 2.05) is 19.1 Å². The Bertz CT molecular complexity index is 1250. The van der Waals surface area contributed by atoms with Crippen molar-refractivity contribution in [2.75, 3.05) is 31.2 Å². The Balaban J connectivity index is 1.27. The van der Waals surface area contributed by atoms with Gasteiger partial charge in [-0.2, -0.15) is 4.98 Å². The topological polar surface area (TPSA) is 104 Å². The summed E-state index contributed by atoms with van der Waals surface area (Å²) in [5.41, 5.74) is 1.02. The molecule has 0 bridgehead atoms. The third-order valence-electron chi connectivity index (χ3n) is 5.60. The molecule has 5 rings (SSSR count). The van der Waals surface area contributed by atoms with Gasteiger partial charge in [0.1, 0.15) is 17.4 Å². The van der Waals surface area contributed by atoms with Crippen LogP contribution in [0.1, 0.15) is 29.6 Å². The molecule has 1 unspecified atom stereocenters. The van der Waals surface area contributed by atoms with E-state index >= 15 is 0 Å². The summed E-state index contributed by atoms with van der Waals surface area (Å²) in [5, 5.41) is 8.47. The van der Waals surface area contributed by atoms with Crippen LogP contribution >= 0.6 is 0 Å². The summed E-state index contributed by atoms with van der Waals surface area (Å²) in [5.74, 6) is 1.70. The Morgan fingerprint density at radius 1 is 1.20 bits per heavy atom. The van der Waals surface area contributed by atoms with Crippen LogP contribution in [-0.4, -0.2) is 62.6 Å². The summed E-state index contributed by atoms with van der Waals surface area (Å²) >= 11 is 0. The summed E-state index contributed by atoms with van der Waals surface area (Å²) in [6, 6.07) is 3.95. The highest BCUT2D eigenvalue weighted by Crippen LogP contribution is 2.30. The molecule has 1 atom stereocenters. The van der Waals surface area contributed by atoms with E-state index in [0.717, 1.165) is 24.5 Å². The molecule has 0 radical (unpaired) electrons. The Morgan fingerprint density at radius 2 is 2.03 bits per heavy atom. The lowest BCUT2D eigenvalue weighted by Crippen LogP contribution is -2.36. The van der Waals surface area contributed by atoms with Crippen molar-refractivity contribution in [3.8, 4) is 11.7 Å². The van der Waals surface area contributed by atoms with Gasteiger partial charge in [0.05, 0.1) is 19.8 Å². The van der Waals surface area contributed by atoms with Crippen LogP contribution in [0.4, 0.5) is 19.0 Å². The molecule has 3 aromatic heterocycles. The minimum absolute atomic E-state index is 0.139. The van der Waals surface area contributed by atoms with E-state index in [1.54, 1.807) is 17.0 Å². The molecule has 35 heavy (non-hydrogen) atoms. The summed E-state index contributed by atoms with van der Waals surface area (Å²) in [4.78, 5) is 15.4. The number of alkyl halides is 3. The van der Waals surface area contributed by atoms with Gasteiger partial charge >= 0.3 is 6.36 Å². The average molecular weight is 489 g/mol. The Hall–Kier alpha value is -3.74. The smallest absolute Gasteiger partial charge is 0.406 e. The van der Waals surface area contributed by atoms with Crippen molar-refractivity contribution in [2.45, 2.75) is 32.2 Å². The fourth-order valence-corrected chi connectivity index (χ4v) is 3.84. The zero-order chi connectivity index (χ0) is 24.4. The minimum atomic E-state index is -4.73. The number of allylic oxidation sites excluding steroid dienone is 3. The third-order valence-corrected chi connectivity index (χ3v) is 5.60. The zero-order valence-electron chi connectivity index (χ0n) is 18.8. The molecular formula is C22H22F3N7O3. The average Bonchev–Trinajstić information content (AvgIpc) is 3.47. The maximum Gasteiger partial charge on any atom is 0.573 e. The summed E-state index contributed by atoms with van der Waals surface area (Å²) in [6.45, 7) is 5.26. The highest BCUT2D eigenvalue weighted by atomic mass is 19.4. The molecule has 13 heteroatoms. The molecule has 0 spiro atoms. The van der Waals surface area contributed by atoms with Crippen molar-refractivity contribution in [1.82, 2.24) is 29.9 Å². The Labute approximate surface area is 198 Å². The van der Waals surface area contributed by atoms with Gasteiger partial charge in [-0.1, -0.05) is 11.2 Å². The lowest BCUT2D eigenvalue weighted by molar-refractivity contribution is -0.303. The first kappa shape index (κ1) is 23.0. The number of aromatic nitrogens is 6. The van der Waals surface area contributed by atoms with Gasteiger partial charge in [-0.25, -0.2) is 14.6 Å². The van der Waals surface area contributed by atoms with Gasteiger partial charge in [-0.05, 0) is 43.2 Å². The molecule has 1 saturated heterocycles. The maximum absolute atomic E-state index is 12.4. The quantitative estimate of drug-likeness (QED) is 0.515. The van der Waals surface area contributed by atoms with Crippen LogP contribution in [0.2, 0.25) is 0 Å². The van der Waals surface area contributed by atoms with Gasteiger partial charge < -0.3 is 18.9 Å². The van der Waals surface area contributed by atoms with Crippen LogP contribution in [0.5, 0.6) is 0 Å². The van der Waals surface area contributed by atoms with Crippen LogP contribution in [0, 0.1) is 6.92 Å². The number of hydrogen-bond acceptors (Lipinski definition) is 9. The standard InChI is InChI=1S/C22H22F3N7O3/c1-14-27-20(21-28-19(30-35-21)16-2-4-17(5-3-16)34-22(23,24)25)29-32(14)13-15-6-7-26-18(12-15)31-8-10-33-11-9-31/h2,4-7,12,16H,3,8-11,13H2,1H3. The minimum Gasteiger partial charge on any atom is -0.406 e. The van der Waals surface area contributed by atoms with Gasteiger partial charge in [-0.3, -0.25) is 0 Å². The van der Waals surface area contributed by atoms with E-state index < -0.39 is 6.36 Å². The molecule has 0 N–H and O–H groups in total. The highest BCUT2D eigenvalue weighted by Gasteiger charge is 2.32. The number of morpholine rings is 1. The van der Waals surface area contributed by atoms with Crippen LogP contribution in [-0.2, 0) is 16.0 Å². The molecule has 1 aliphatic heterocycles. The molecule has 4 heterocycles. The number of ether oxygens (including phenoxy) is 2. The zero-order valence-corrected chi connectivity index (χ0v) is 18.8. The molecule has 1 fully saturated rings. The second kappa shape index (κ2) is 9.49. The molecule has 3 aromatic rings. The predicted molar refractivity (Wildman–Crippen MR) is 116 cm³/mol. The SMILES string of the molecule is Cc1nc(-c2nc(C3C=CC(OC(F)(F)F)=CC3)no2)nn1Cc1ccnc(N2CCOCC2)c1. The van der Waals surface area contributed by atoms with Gasteiger partial charge in [-0.15, -0.1) is 18.3 Å². The van der Waals surface area contributed by atoms with Gasteiger partial charge in [0.15, 0.2) is 5.82 Å².